The predicted octanol–water partition coefficient (Wildman–Crippen LogP) is 3.94. The maximum atomic E-state index is 7.20. The van der Waals surface area contributed by atoms with Gasteiger partial charge >= 0.3 is 0 Å². The zero-order valence-electron chi connectivity index (χ0n) is 13.4. The zero-order chi connectivity index (χ0) is 16.4. The summed E-state index contributed by atoms with van der Waals surface area (Å²) in [7, 11) is 0. The fraction of sp³-hybridized carbons (Fsp3) is 0.0667. The second kappa shape index (κ2) is 5.46. The van der Waals surface area contributed by atoms with Gasteiger partial charge in [0.1, 0.15) is 4.60 Å². The third-order valence-corrected chi connectivity index (χ3v) is 3.37. The van der Waals surface area contributed by atoms with Crippen molar-refractivity contribution in [3.63, 3.8) is 0 Å². The first-order chi connectivity index (χ1) is 10.9. The number of rotatable bonds is 3. The van der Waals surface area contributed by atoms with Gasteiger partial charge in [0.05, 0.1) is 11.4 Å². The van der Waals surface area contributed by atoms with Crippen molar-refractivity contribution in [3.05, 3.63) is 53.3 Å². The molecule has 20 heavy (non-hydrogen) atoms. The fourth-order valence-electron chi connectivity index (χ4n) is 1.91. The molecule has 1 aromatic carbocycles. The first-order valence-electron chi connectivity index (χ1n) is 7.47. The SMILES string of the molecule is [2H]C([2H])([2H])Nc1ccc(-c2cc(-c3ccnc(Br)c3)[nH]n2)cc1. The van der Waals surface area contributed by atoms with Gasteiger partial charge < -0.3 is 5.32 Å². The highest BCUT2D eigenvalue weighted by Crippen LogP contribution is 2.25. The summed E-state index contributed by atoms with van der Waals surface area (Å²) in [5.74, 6) is 0. The minimum absolute atomic E-state index is 0.544. The van der Waals surface area contributed by atoms with Crippen molar-refractivity contribution >= 4 is 21.6 Å². The van der Waals surface area contributed by atoms with Gasteiger partial charge in [0.2, 0.25) is 0 Å². The van der Waals surface area contributed by atoms with Crippen molar-refractivity contribution < 1.29 is 4.11 Å². The second-order valence-corrected chi connectivity index (χ2v) is 5.05. The number of hydrogen-bond acceptors (Lipinski definition) is 3. The lowest BCUT2D eigenvalue weighted by atomic mass is 10.1. The topological polar surface area (TPSA) is 53.6 Å². The summed E-state index contributed by atoms with van der Waals surface area (Å²) < 4.78 is 22.4. The molecule has 4 nitrogen and oxygen atoms in total. The number of halogens is 1. The molecule has 100 valence electrons. The lowest BCUT2D eigenvalue weighted by Gasteiger charge is -2.00. The number of H-pyrrole nitrogens is 1. The van der Waals surface area contributed by atoms with Crippen LogP contribution in [-0.4, -0.2) is 22.2 Å². The first kappa shape index (κ1) is 9.72. The average Bonchev–Trinajstić information content (AvgIpc) is 2.96. The molecule has 0 aliphatic carbocycles. The highest BCUT2D eigenvalue weighted by atomic mass is 79.9. The van der Waals surface area contributed by atoms with E-state index in [2.05, 4.69) is 36.4 Å². The van der Waals surface area contributed by atoms with Crippen LogP contribution in [0.3, 0.4) is 0 Å². The summed E-state index contributed by atoms with van der Waals surface area (Å²) in [5, 5.41) is 9.76. The van der Waals surface area contributed by atoms with E-state index < -0.39 is 6.98 Å². The van der Waals surface area contributed by atoms with E-state index in [0.29, 0.717) is 5.69 Å². The monoisotopic (exact) mass is 331 g/mol. The van der Waals surface area contributed by atoms with Gasteiger partial charge in [-0.3, -0.25) is 5.10 Å². The number of aromatic amines is 1. The minimum atomic E-state index is -2.20. The molecule has 0 bridgehead atoms. The quantitative estimate of drug-likeness (QED) is 0.714. The second-order valence-electron chi connectivity index (χ2n) is 4.24. The molecule has 0 amide bonds. The molecular formula is C15H13BrN4. The highest BCUT2D eigenvalue weighted by Gasteiger charge is 2.06. The minimum Gasteiger partial charge on any atom is -0.388 e. The van der Waals surface area contributed by atoms with Crippen molar-refractivity contribution in [1.82, 2.24) is 15.2 Å². The Hall–Kier alpha value is -2.14. The molecule has 0 saturated carbocycles. The van der Waals surface area contributed by atoms with E-state index in [1.54, 1.807) is 18.3 Å². The Kier molecular flexibility index (Phi) is 2.65. The van der Waals surface area contributed by atoms with Crippen LogP contribution in [0.1, 0.15) is 4.11 Å². The molecule has 3 aromatic rings. The molecule has 2 N–H and O–H groups in total. The lowest BCUT2D eigenvalue weighted by molar-refractivity contribution is 1.10. The van der Waals surface area contributed by atoms with Crippen LogP contribution in [0.15, 0.2) is 53.3 Å². The Bertz CT molecular complexity index is 812. The van der Waals surface area contributed by atoms with Crippen molar-refractivity contribution in [2.24, 2.45) is 0 Å². The van der Waals surface area contributed by atoms with Crippen LogP contribution >= 0.6 is 15.9 Å². The van der Waals surface area contributed by atoms with Gasteiger partial charge in [-0.1, -0.05) is 12.1 Å². The molecular weight excluding hydrogens is 316 g/mol. The largest absolute Gasteiger partial charge is 0.388 e. The van der Waals surface area contributed by atoms with Crippen LogP contribution in [0, 0.1) is 0 Å². The van der Waals surface area contributed by atoms with Crippen LogP contribution < -0.4 is 5.32 Å². The number of nitrogens with one attached hydrogen (secondary N) is 2. The molecule has 2 aromatic heterocycles. The average molecular weight is 332 g/mol. The highest BCUT2D eigenvalue weighted by molar-refractivity contribution is 9.10. The van der Waals surface area contributed by atoms with E-state index in [0.717, 1.165) is 27.1 Å². The van der Waals surface area contributed by atoms with Crippen molar-refractivity contribution in [2.75, 3.05) is 12.3 Å². The molecule has 0 saturated heterocycles. The van der Waals surface area contributed by atoms with Gasteiger partial charge in [0, 0.05) is 34.1 Å². The lowest BCUT2D eigenvalue weighted by Crippen LogP contribution is -1.86. The van der Waals surface area contributed by atoms with E-state index in [9.17, 15) is 0 Å². The number of pyridine rings is 1. The van der Waals surface area contributed by atoms with Crippen LogP contribution in [0.25, 0.3) is 22.5 Å². The van der Waals surface area contributed by atoms with E-state index in [1.807, 2.05) is 30.3 Å². The maximum absolute atomic E-state index is 7.20. The fourth-order valence-corrected chi connectivity index (χ4v) is 2.28. The number of nitrogens with zero attached hydrogens (tertiary/aromatic N) is 2. The van der Waals surface area contributed by atoms with Crippen molar-refractivity contribution in [3.8, 4) is 22.5 Å². The molecule has 0 radical (unpaired) electrons. The molecule has 3 rings (SSSR count). The van der Waals surface area contributed by atoms with Crippen LogP contribution in [0.4, 0.5) is 5.69 Å². The normalized spacial score (nSPS) is 13.3. The van der Waals surface area contributed by atoms with Gasteiger partial charge in [-0.2, -0.15) is 5.10 Å². The third-order valence-electron chi connectivity index (χ3n) is 2.94. The Morgan fingerprint density at radius 3 is 2.75 bits per heavy atom. The first-order valence-corrected chi connectivity index (χ1v) is 6.76. The molecule has 5 heteroatoms. The number of benzene rings is 1. The number of hydrogen-bond donors (Lipinski definition) is 2. The molecule has 0 fully saturated rings. The van der Waals surface area contributed by atoms with Crippen LogP contribution in [0.2, 0.25) is 0 Å². The molecule has 0 atom stereocenters. The van der Waals surface area contributed by atoms with E-state index in [1.165, 1.54) is 0 Å². The maximum Gasteiger partial charge on any atom is 0.106 e. The van der Waals surface area contributed by atoms with Crippen molar-refractivity contribution in [2.45, 2.75) is 0 Å². The molecule has 0 aliphatic rings. The zero-order valence-corrected chi connectivity index (χ0v) is 12.0. The number of aromatic nitrogens is 3. The summed E-state index contributed by atoms with van der Waals surface area (Å²) in [6, 6.07) is 12.8. The van der Waals surface area contributed by atoms with Gasteiger partial charge in [-0.05, 0) is 46.3 Å². The van der Waals surface area contributed by atoms with Gasteiger partial charge in [-0.15, -0.1) is 0 Å². The summed E-state index contributed by atoms with van der Waals surface area (Å²) >= 11 is 3.34. The van der Waals surface area contributed by atoms with E-state index >= 15 is 0 Å². The Morgan fingerprint density at radius 2 is 2.00 bits per heavy atom. The van der Waals surface area contributed by atoms with E-state index in [-0.39, 0.29) is 0 Å². The van der Waals surface area contributed by atoms with Gasteiger partial charge in [-0.25, -0.2) is 4.98 Å². The molecule has 0 spiro atoms. The Labute approximate surface area is 129 Å². The predicted molar refractivity (Wildman–Crippen MR) is 84.5 cm³/mol. The Balaban J connectivity index is 1.83. The third kappa shape index (κ3) is 2.58. The summed E-state index contributed by atoms with van der Waals surface area (Å²) in [4.78, 5) is 4.10. The standard InChI is InChI=1S/C15H13BrN4/c1-17-12-4-2-10(3-5-12)13-9-14(20-19-13)11-6-7-18-15(16)8-11/h2-9,17H,1H3,(H,19,20)/i1D3. The number of anilines is 1. The molecule has 0 unspecified atom stereocenters. The van der Waals surface area contributed by atoms with Crippen LogP contribution in [0.5, 0.6) is 0 Å². The smallest absolute Gasteiger partial charge is 0.106 e. The molecule has 0 aliphatic heterocycles. The summed E-state index contributed by atoms with van der Waals surface area (Å²) in [6.45, 7) is -2.20. The summed E-state index contributed by atoms with van der Waals surface area (Å²) in [5.41, 5.74) is 4.09. The van der Waals surface area contributed by atoms with Gasteiger partial charge in [0.15, 0.2) is 0 Å². The summed E-state index contributed by atoms with van der Waals surface area (Å²) in [6.07, 6.45) is 1.72. The van der Waals surface area contributed by atoms with Crippen LogP contribution in [-0.2, 0) is 0 Å². The Morgan fingerprint density at radius 1 is 1.15 bits per heavy atom. The molecule has 2 heterocycles. The van der Waals surface area contributed by atoms with Crippen molar-refractivity contribution in [1.29, 1.82) is 0 Å². The van der Waals surface area contributed by atoms with Gasteiger partial charge in [0.25, 0.3) is 0 Å². The van der Waals surface area contributed by atoms with E-state index in [4.69, 9.17) is 4.11 Å².